The van der Waals surface area contributed by atoms with Crippen molar-refractivity contribution < 1.29 is 0 Å². The third-order valence-electron chi connectivity index (χ3n) is 4.27. The summed E-state index contributed by atoms with van der Waals surface area (Å²) in [5.74, 6) is 0.942. The fraction of sp³-hybridized carbons (Fsp3) is 0.263. The van der Waals surface area contributed by atoms with Crippen LogP contribution in [-0.2, 0) is 5.75 Å². The van der Waals surface area contributed by atoms with Crippen LogP contribution in [0.15, 0.2) is 65.0 Å². The number of aromatic nitrogens is 2. The predicted octanol–water partition coefficient (Wildman–Crippen LogP) is 4.16. The van der Waals surface area contributed by atoms with Gasteiger partial charge in [-0.15, -0.1) is 10.2 Å². The molecular weight excluding hydrogens is 348 g/mol. The van der Waals surface area contributed by atoms with E-state index >= 15 is 0 Å². The van der Waals surface area contributed by atoms with E-state index < -0.39 is 0 Å². The molecule has 128 valence electrons. The average Bonchev–Trinajstić information content (AvgIpc) is 3.17. The van der Waals surface area contributed by atoms with Crippen molar-refractivity contribution in [3.8, 4) is 0 Å². The molecule has 0 aliphatic carbocycles. The average molecular weight is 369 g/mol. The van der Waals surface area contributed by atoms with E-state index in [1.54, 1.807) is 23.1 Å². The van der Waals surface area contributed by atoms with Crippen molar-refractivity contribution in [3.63, 3.8) is 0 Å². The van der Waals surface area contributed by atoms with E-state index in [0.29, 0.717) is 0 Å². The van der Waals surface area contributed by atoms with Crippen molar-refractivity contribution in [1.82, 2.24) is 10.2 Å². The van der Waals surface area contributed by atoms with Crippen molar-refractivity contribution in [2.24, 2.45) is 0 Å². The largest absolute Gasteiger partial charge is 0.368 e. The molecule has 4 nitrogen and oxygen atoms in total. The minimum absolute atomic E-state index is 0.942. The Labute approximate surface area is 156 Å². The maximum atomic E-state index is 4.41. The molecule has 1 aromatic heterocycles. The van der Waals surface area contributed by atoms with Crippen LogP contribution in [0.25, 0.3) is 0 Å². The molecule has 1 saturated heterocycles. The molecule has 1 aliphatic heterocycles. The number of benzene rings is 2. The van der Waals surface area contributed by atoms with Gasteiger partial charge in [-0.3, -0.25) is 0 Å². The molecule has 4 rings (SSSR count). The Bertz CT molecular complexity index is 783. The predicted molar refractivity (Wildman–Crippen MR) is 107 cm³/mol. The first-order valence-corrected chi connectivity index (χ1v) is 10.2. The van der Waals surface area contributed by atoms with Gasteiger partial charge in [0.1, 0.15) is 0 Å². The van der Waals surface area contributed by atoms with Crippen LogP contribution < -0.4 is 9.80 Å². The maximum absolute atomic E-state index is 4.41. The van der Waals surface area contributed by atoms with E-state index in [9.17, 15) is 0 Å². The second-order valence-electron chi connectivity index (χ2n) is 5.93. The van der Waals surface area contributed by atoms with Crippen LogP contribution in [0.1, 0.15) is 5.56 Å². The van der Waals surface area contributed by atoms with Crippen LogP contribution in [-0.4, -0.2) is 36.4 Å². The summed E-state index contributed by atoms with van der Waals surface area (Å²) in [7, 11) is 0. The summed E-state index contributed by atoms with van der Waals surface area (Å²) in [5, 5.41) is 9.81. The molecular formula is C19H20N4S2. The topological polar surface area (TPSA) is 32.3 Å². The van der Waals surface area contributed by atoms with E-state index in [1.165, 1.54) is 11.3 Å². The van der Waals surface area contributed by atoms with Crippen molar-refractivity contribution in [3.05, 3.63) is 66.2 Å². The highest BCUT2D eigenvalue weighted by Crippen LogP contribution is 2.31. The number of thioether (sulfide) groups is 1. The molecule has 2 aromatic carbocycles. The Hall–Kier alpha value is -2.05. The van der Waals surface area contributed by atoms with Crippen LogP contribution in [0.5, 0.6) is 0 Å². The lowest BCUT2D eigenvalue weighted by atomic mass is 10.2. The summed E-state index contributed by atoms with van der Waals surface area (Å²) in [5.41, 5.74) is 2.62. The summed E-state index contributed by atoms with van der Waals surface area (Å²) >= 11 is 3.47. The Balaban J connectivity index is 1.32. The zero-order valence-corrected chi connectivity index (χ0v) is 15.5. The first-order chi connectivity index (χ1) is 12.4. The Kier molecular flexibility index (Phi) is 5.18. The molecule has 0 spiro atoms. The van der Waals surface area contributed by atoms with Gasteiger partial charge in [0.25, 0.3) is 0 Å². The molecule has 0 N–H and O–H groups in total. The van der Waals surface area contributed by atoms with Crippen molar-refractivity contribution in [1.29, 1.82) is 0 Å². The molecule has 6 heteroatoms. The quantitative estimate of drug-likeness (QED) is 0.632. The number of rotatable bonds is 5. The number of nitrogens with zero attached hydrogens (tertiary/aromatic N) is 4. The van der Waals surface area contributed by atoms with Gasteiger partial charge in [0, 0.05) is 37.6 Å². The fourth-order valence-corrected chi connectivity index (χ4v) is 4.75. The van der Waals surface area contributed by atoms with Gasteiger partial charge < -0.3 is 9.80 Å². The molecule has 0 amide bonds. The first kappa shape index (κ1) is 16.4. The number of hydrogen-bond donors (Lipinski definition) is 0. The van der Waals surface area contributed by atoms with Gasteiger partial charge in [0.15, 0.2) is 4.34 Å². The van der Waals surface area contributed by atoms with Gasteiger partial charge in [-0.25, -0.2) is 0 Å². The number of para-hydroxylation sites is 1. The van der Waals surface area contributed by atoms with Crippen LogP contribution in [0.4, 0.5) is 10.8 Å². The zero-order valence-electron chi connectivity index (χ0n) is 13.9. The molecule has 1 aliphatic rings. The Morgan fingerprint density at radius 1 is 0.800 bits per heavy atom. The highest BCUT2D eigenvalue weighted by atomic mass is 32.2. The summed E-state index contributed by atoms with van der Waals surface area (Å²) in [6.07, 6.45) is 0. The second kappa shape index (κ2) is 7.89. The maximum Gasteiger partial charge on any atom is 0.209 e. The SMILES string of the molecule is c1ccc(CSc2nnc(N3CCN(c4ccccc4)CC3)s2)cc1. The summed E-state index contributed by atoms with van der Waals surface area (Å²) in [6, 6.07) is 21.1. The second-order valence-corrected chi connectivity index (χ2v) is 8.11. The molecule has 3 aromatic rings. The Morgan fingerprint density at radius 2 is 1.44 bits per heavy atom. The molecule has 0 atom stereocenters. The van der Waals surface area contributed by atoms with Crippen molar-refractivity contribution in [2.75, 3.05) is 36.0 Å². The summed E-state index contributed by atoms with van der Waals surface area (Å²) < 4.78 is 1.05. The third-order valence-corrected chi connectivity index (χ3v) is 6.46. The van der Waals surface area contributed by atoms with Gasteiger partial charge in [0.05, 0.1) is 0 Å². The molecule has 0 unspecified atom stereocenters. The first-order valence-electron chi connectivity index (χ1n) is 8.44. The standard InChI is InChI=1S/C19H20N4S2/c1-3-7-16(8-4-1)15-24-19-21-20-18(25-19)23-13-11-22(12-14-23)17-9-5-2-6-10-17/h1-10H,11-15H2. The molecule has 25 heavy (non-hydrogen) atoms. The monoisotopic (exact) mass is 368 g/mol. The van der Waals surface area contributed by atoms with Gasteiger partial charge >= 0.3 is 0 Å². The van der Waals surface area contributed by atoms with Crippen LogP contribution in [0, 0.1) is 0 Å². The highest BCUT2D eigenvalue weighted by Gasteiger charge is 2.20. The highest BCUT2D eigenvalue weighted by molar-refractivity contribution is 8.00. The van der Waals surface area contributed by atoms with Gasteiger partial charge in [-0.05, 0) is 17.7 Å². The van der Waals surface area contributed by atoms with Crippen LogP contribution >= 0.6 is 23.1 Å². The number of hydrogen-bond acceptors (Lipinski definition) is 6. The molecule has 0 bridgehead atoms. The fourth-order valence-electron chi connectivity index (χ4n) is 2.90. The molecule has 2 heterocycles. The van der Waals surface area contributed by atoms with Crippen LogP contribution in [0.2, 0.25) is 0 Å². The van der Waals surface area contributed by atoms with Crippen molar-refractivity contribution >= 4 is 33.9 Å². The lowest BCUT2D eigenvalue weighted by Crippen LogP contribution is -2.46. The third kappa shape index (κ3) is 4.14. The summed E-state index contributed by atoms with van der Waals surface area (Å²) in [6.45, 7) is 4.03. The van der Waals surface area contributed by atoms with Gasteiger partial charge in [-0.2, -0.15) is 0 Å². The Morgan fingerprint density at radius 3 is 2.16 bits per heavy atom. The summed E-state index contributed by atoms with van der Waals surface area (Å²) in [4.78, 5) is 4.78. The van der Waals surface area contributed by atoms with E-state index in [4.69, 9.17) is 0 Å². The van der Waals surface area contributed by atoms with E-state index in [-0.39, 0.29) is 0 Å². The zero-order chi connectivity index (χ0) is 16.9. The normalized spacial score (nSPS) is 14.7. The lowest BCUT2D eigenvalue weighted by Gasteiger charge is -2.35. The molecule has 1 fully saturated rings. The van der Waals surface area contributed by atoms with Gasteiger partial charge in [-0.1, -0.05) is 71.6 Å². The smallest absolute Gasteiger partial charge is 0.209 e. The van der Waals surface area contributed by atoms with E-state index in [2.05, 4.69) is 74.6 Å². The number of piperazine rings is 1. The van der Waals surface area contributed by atoms with Crippen molar-refractivity contribution in [2.45, 2.75) is 10.1 Å². The minimum Gasteiger partial charge on any atom is -0.368 e. The van der Waals surface area contributed by atoms with E-state index in [1.807, 2.05) is 6.07 Å². The van der Waals surface area contributed by atoms with Crippen LogP contribution in [0.3, 0.4) is 0 Å². The minimum atomic E-state index is 0.942. The van der Waals surface area contributed by atoms with E-state index in [0.717, 1.165) is 41.4 Å². The molecule has 0 radical (unpaired) electrons. The lowest BCUT2D eigenvalue weighted by molar-refractivity contribution is 0.649. The number of anilines is 2. The van der Waals surface area contributed by atoms with Gasteiger partial charge in [0.2, 0.25) is 5.13 Å². The molecule has 0 saturated carbocycles.